The van der Waals surface area contributed by atoms with E-state index in [1.807, 2.05) is 38.1 Å². The Labute approximate surface area is 170 Å². The normalized spacial score (nSPS) is 11.2. The van der Waals surface area contributed by atoms with Gasteiger partial charge in [-0.2, -0.15) is 0 Å². The van der Waals surface area contributed by atoms with Crippen LogP contribution in [0.15, 0.2) is 54.6 Å². The van der Waals surface area contributed by atoms with E-state index >= 15 is 0 Å². The van der Waals surface area contributed by atoms with Crippen molar-refractivity contribution in [2.45, 2.75) is 13.8 Å². The predicted molar refractivity (Wildman–Crippen MR) is 115 cm³/mol. The molecule has 0 saturated heterocycles. The Morgan fingerprint density at radius 2 is 1.59 bits per heavy atom. The van der Waals surface area contributed by atoms with Crippen molar-refractivity contribution in [2.24, 2.45) is 0 Å². The number of carbonyl (C=O) groups excluding carboxylic acids is 1. The van der Waals surface area contributed by atoms with Gasteiger partial charge >= 0.3 is 0 Å². The zero-order valence-electron chi connectivity index (χ0n) is 16.7. The molecule has 0 unspecified atom stereocenters. The molecule has 0 atom stereocenters. The summed E-state index contributed by atoms with van der Waals surface area (Å²) in [6.45, 7) is 4.06. The Bertz CT molecular complexity index is 1130. The lowest BCUT2D eigenvalue weighted by molar-refractivity contribution is 0.102. The van der Waals surface area contributed by atoms with Crippen LogP contribution in [0, 0.1) is 13.8 Å². The fourth-order valence-corrected chi connectivity index (χ4v) is 3.66. The topological polar surface area (TPSA) is 89.4 Å². The molecule has 3 aromatic rings. The molecule has 0 spiro atoms. The average Bonchev–Trinajstić information content (AvgIpc) is 3.00. The number of nitrogens with one attached hydrogen (secondary N) is 2. The fraction of sp³-hybridized carbons (Fsp3) is 0.190. The molecule has 1 amide bonds. The molecule has 29 heavy (non-hydrogen) atoms. The lowest BCUT2D eigenvalue weighted by Crippen LogP contribution is -2.13. The highest BCUT2D eigenvalue weighted by molar-refractivity contribution is 7.92. The van der Waals surface area contributed by atoms with Gasteiger partial charge < -0.3 is 14.6 Å². The number of methoxy groups -OCH3 is 1. The molecule has 1 heterocycles. The van der Waals surface area contributed by atoms with Gasteiger partial charge in [0.15, 0.2) is 0 Å². The maximum absolute atomic E-state index is 12.6. The summed E-state index contributed by atoms with van der Waals surface area (Å²) < 4.78 is 32.6. The van der Waals surface area contributed by atoms with Crippen molar-refractivity contribution < 1.29 is 17.9 Å². The number of hydrogen-bond acceptors (Lipinski definition) is 4. The first-order valence-electron chi connectivity index (χ1n) is 8.90. The van der Waals surface area contributed by atoms with Gasteiger partial charge in [0.25, 0.3) is 5.91 Å². The van der Waals surface area contributed by atoms with E-state index in [2.05, 4.69) is 14.6 Å². The molecular formula is C21H23N3O4S. The first-order chi connectivity index (χ1) is 13.7. The highest BCUT2D eigenvalue weighted by atomic mass is 32.2. The summed E-state index contributed by atoms with van der Waals surface area (Å²) in [5.74, 6) is 0.0329. The highest BCUT2D eigenvalue weighted by Crippen LogP contribution is 2.29. The van der Waals surface area contributed by atoms with Crippen molar-refractivity contribution >= 4 is 27.3 Å². The van der Waals surface area contributed by atoms with Gasteiger partial charge in [0.05, 0.1) is 19.1 Å². The Morgan fingerprint density at radius 3 is 2.14 bits per heavy atom. The lowest BCUT2D eigenvalue weighted by atomic mass is 10.1. The van der Waals surface area contributed by atoms with Crippen molar-refractivity contribution in [2.75, 3.05) is 23.4 Å². The van der Waals surface area contributed by atoms with E-state index in [0.29, 0.717) is 22.7 Å². The Kier molecular flexibility index (Phi) is 5.65. The summed E-state index contributed by atoms with van der Waals surface area (Å²) in [6, 6.07) is 16.1. The van der Waals surface area contributed by atoms with E-state index < -0.39 is 10.0 Å². The lowest BCUT2D eigenvalue weighted by Gasteiger charge is -2.13. The molecule has 1 aromatic heterocycles. The minimum Gasteiger partial charge on any atom is -0.494 e. The fourth-order valence-electron chi connectivity index (χ4n) is 3.09. The second kappa shape index (κ2) is 8.00. The number of anilines is 2. The van der Waals surface area contributed by atoms with Crippen LogP contribution in [0.25, 0.3) is 5.69 Å². The number of benzene rings is 2. The number of hydrogen-bond donors (Lipinski definition) is 2. The van der Waals surface area contributed by atoms with Gasteiger partial charge in [-0.1, -0.05) is 0 Å². The third kappa shape index (κ3) is 4.78. The van der Waals surface area contributed by atoms with E-state index in [0.717, 1.165) is 23.3 Å². The van der Waals surface area contributed by atoms with Gasteiger partial charge in [-0.3, -0.25) is 9.52 Å². The summed E-state index contributed by atoms with van der Waals surface area (Å²) in [7, 11) is -2.01. The number of amides is 1. The maximum atomic E-state index is 12.6. The monoisotopic (exact) mass is 413 g/mol. The van der Waals surface area contributed by atoms with E-state index in [1.165, 1.54) is 13.2 Å². The van der Waals surface area contributed by atoms with Crippen LogP contribution >= 0.6 is 0 Å². The molecule has 8 heteroatoms. The van der Waals surface area contributed by atoms with E-state index in [4.69, 9.17) is 4.74 Å². The van der Waals surface area contributed by atoms with Crippen LogP contribution in [-0.4, -0.2) is 32.3 Å². The van der Waals surface area contributed by atoms with Crippen LogP contribution in [0.1, 0.15) is 21.7 Å². The first kappa shape index (κ1) is 20.5. The molecular weight excluding hydrogens is 390 g/mol. The third-order valence-electron chi connectivity index (χ3n) is 4.41. The van der Waals surface area contributed by atoms with Gasteiger partial charge in [-0.25, -0.2) is 8.42 Å². The largest absolute Gasteiger partial charge is 0.494 e. The summed E-state index contributed by atoms with van der Waals surface area (Å²) >= 11 is 0. The van der Waals surface area contributed by atoms with Crippen molar-refractivity contribution in [3.05, 3.63) is 71.5 Å². The predicted octanol–water partition coefficient (Wildman–Crippen LogP) is 3.73. The number of aryl methyl sites for hydroxylation is 2. The van der Waals surface area contributed by atoms with Crippen molar-refractivity contribution in [1.82, 2.24) is 4.57 Å². The van der Waals surface area contributed by atoms with Crippen LogP contribution in [0.2, 0.25) is 0 Å². The van der Waals surface area contributed by atoms with Crippen molar-refractivity contribution in [1.29, 1.82) is 0 Å². The zero-order valence-corrected chi connectivity index (χ0v) is 17.5. The number of sulfonamides is 1. The molecule has 7 nitrogen and oxygen atoms in total. The van der Waals surface area contributed by atoms with Crippen LogP contribution in [0.3, 0.4) is 0 Å². The zero-order chi connectivity index (χ0) is 21.2. The second-order valence-corrected chi connectivity index (χ2v) is 8.49. The summed E-state index contributed by atoms with van der Waals surface area (Å²) in [4.78, 5) is 12.6. The molecule has 2 aromatic carbocycles. The summed E-state index contributed by atoms with van der Waals surface area (Å²) in [5, 5.41) is 2.80. The molecule has 0 radical (unpaired) electrons. The van der Waals surface area contributed by atoms with E-state index in [9.17, 15) is 13.2 Å². The molecule has 152 valence electrons. The van der Waals surface area contributed by atoms with Gasteiger partial charge in [-0.05, 0) is 62.4 Å². The number of ether oxygens (including phenoxy) is 1. The van der Waals surface area contributed by atoms with Crippen molar-refractivity contribution in [3.8, 4) is 11.4 Å². The molecule has 0 aliphatic rings. The standard InChI is InChI=1S/C21H23N3O4S/c1-14-5-6-15(2)24(14)18-10-7-16(8-11-18)21(25)22-17-9-12-19(20(13-17)28-3)23-29(4,26)27/h5-13,23H,1-4H3,(H,22,25). The van der Waals surface area contributed by atoms with Gasteiger partial charge in [0, 0.05) is 34.4 Å². The van der Waals surface area contributed by atoms with Crippen LogP contribution in [-0.2, 0) is 10.0 Å². The molecule has 0 fully saturated rings. The molecule has 3 rings (SSSR count). The maximum Gasteiger partial charge on any atom is 0.255 e. The summed E-state index contributed by atoms with van der Waals surface area (Å²) in [5.41, 5.74) is 4.53. The Balaban J connectivity index is 1.78. The minimum atomic E-state index is -3.44. The molecule has 0 bridgehead atoms. The average molecular weight is 413 g/mol. The van der Waals surface area contributed by atoms with Gasteiger partial charge in [-0.15, -0.1) is 0 Å². The number of carbonyl (C=O) groups is 1. The molecule has 2 N–H and O–H groups in total. The van der Waals surface area contributed by atoms with E-state index in [1.54, 1.807) is 24.3 Å². The Hall–Kier alpha value is -3.26. The number of aromatic nitrogens is 1. The minimum absolute atomic E-state index is 0.275. The van der Waals surface area contributed by atoms with Crippen LogP contribution in [0.5, 0.6) is 5.75 Å². The number of rotatable bonds is 6. The molecule has 0 aliphatic heterocycles. The molecule has 0 saturated carbocycles. The number of nitrogens with zero attached hydrogens (tertiary/aromatic N) is 1. The highest BCUT2D eigenvalue weighted by Gasteiger charge is 2.12. The second-order valence-electron chi connectivity index (χ2n) is 6.74. The quantitative estimate of drug-likeness (QED) is 0.644. The van der Waals surface area contributed by atoms with Gasteiger partial charge in [0.2, 0.25) is 10.0 Å². The third-order valence-corrected chi connectivity index (χ3v) is 5.00. The smallest absolute Gasteiger partial charge is 0.255 e. The van der Waals surface area contributed by atoms with Crippen molar-refractivity contribution in [3.63, 3.8) is 0 Å². The van der Waals surface area contributed by atoms with Crippen LogP contribution < -0.4 is 14.8 Å². The van der Waals surface area contributed by atoms with E-state index in [-0.39, 0.29) is 5.91 Å². The Morgan fingerprint density at radius 1 is 0.966 bits per heavy atom. The van der Waals surface area contributed by atoms with Gasteiger partial charge in [0.1, 0.15) is 5.75 Å². The summed E-state index contributed by atoms with van der Waals surface area (Å²) in [6.07, 6.45) is 1.06. The van der Waals surface area contributed by atoms with Crippen LogP contribution in [0.4, 0.5) is 11.4 Å². The SMILES string of the molecule is COc1cc(NC(=O)c2ccc(-n3c(C)ccc3C)cc2)ccc1NS(C)(=O)=O. The molecule has 0 aliphatic carbocycles. The first-order valence-corrected chi connectivity index (χ1v) is 10.8.